The fourth-order valence-electron chi connectivity index (χ4n) is 2.42. The van der Waals surface area contributed by atoms with E-state index in [2.05, 4.69) is 9.97 Å². The van der Waals surface area contributed by atoms with Gasteiger partial charge in [0.2, 0.25) is 5.28 Å². The molecular formula is C18H16ClN3O3. The zero-order valence-electron chi connectivity index (χ0n) is 13.3. The van der Waals surface area contributed by atoms with Crippen molar-refractivity contribution in [3.8, 4) is 0 Å². The lowest BCUT2D eigenvalue weighted by atomic mass is 10.2. The number of ether oxygens (including phenoxy) is 1. The quantitative estimate of drug-likeness (QED) is 0.708. The fourth-order valence-corrected chi connectivity index (χ4v) is 2.59. The van der Waals surface area contributed by atoms with Crippen LogP contribution < -0.4 is 4.90 Å². The summed E-state index contributed by atoms with van der Waals surface area (Å²) in [6.07, 6.45) is -0.613. The lowest BCUT2D eigenvalue weighted by Gasteiger charge is -2.21. The molecule has 0 radical (unpaired) electrons. The molecule has 25 heavy (non-hydrogen) atoms. The third-order valence-corrected chi connectivity index (χ3v) is 3.73. The van der Waals surface area contributed by atoms with Gasteiger partial charge in [0.1, 0.15) is 6.61 Å². The predicted octanol–water partition coefficient (Wildman–Crippen LogP) is 3.42. The van der Waals surface area contributed by atoms with E-state index in [4.69, 9.17) is 16.3 Å². The van der Waals surface area contributed by atoms with Crippen LogP contribution in [-0.4, -0.2) is 34.3 Å². The summed E-state index contributed by atoms with van der Waals surface area (Å²) in [4.78, 5) is 22.1. The van der Waals surface area contributed by atoms with Crippen molar-refractivity contribution < 1.29 is 14.6 Å². The van der Waals surface area contributed by atoms with Gasteiger partial charge in [-0.3, -0.25) is 4.90 Å². The van der Waals surface area contributed by atoms with Gasteiger partial charge in [0.05, 0.1) is 18.7 Å². The molecule has 3 rings (SSSR count). The number of anilines is 1. The average molecular weight is 358 g/mol. The van der Waals surface area contributed by atoms with Crippen LogP contribution >= 0.6 is 11.6 Å². The summed E-state index contributed by atoms with van der Waals surface area (Å²) in [5, 5.41) is 10.0. The van der Waals surface area contributed by atoms with Gasteiger partial charge in [0.15, 0.2) is 5.82 Å². The third kappa shape index (κ3) is 4.04. The van der Waals surface area contributed by atoms with Gasteiger partial charge in [0, 0.05) is 5.39 Å². The minimum atomic E-state index is -0.613. The standard InChI is InChI=1S/C18H16ClN3O3/c19-17-20-15-9-5-4-8-14(15)16(21-17)22(10-11-23)18(24)25-12-13-6-2-1-3-7-13/h1-9,23H,10-12H2. The second-order valence-corrected chi connectivity index (χ2v) is 5.59. The zero-order valence-corrected chi connectivity index (χ0v) is 14.1. The molecule has 0 aliphatic rings. The van der Waals surface area contributed by atoms with Crippen molar-refractivity contribution in [2.45, 2.75) is 6.61 Å². The zero-order chi connectivity index (χ0) is 17.6. The molecule has 0 unspecified atom stereocenters. The van der Waals surface area contributed by atoms with Gasteiger partial charge in [0.25, 0.3) is 0 Å². The number of aromatic nitrogens is 2. The number of benzene rings is 2. The Morgan fingerprint density at radius 2 is 1.80 bits per heavy atom. The third-order valence-electron chi connectivity index (χ3n) is 3.56. The number of carbonyl (C=O) groups is 1. The molecule has 0 bridgehead atoms. The average Bonchev–Trinajstić information content (AvgIpc) is 2.64. The van der Waals surface area contributed by atoms with Crippen LogP contribution in [0.2, 0.25) is 5.28 Å². The summed E-state index contributed by atoms with van der Waals surface area (Å²) in [7, 11) is 0. The van der Waals surface area contributed by atoms with Crippen LogP contribution in [0.3, 0.4) is 0 Å². The first kappa shape index (κ1) is 17.1. The molecule has 128 valence electrons. The maximum Gasteiger partial charge on any atom is 0.415 e. The Kier molecular flexibility index (Phi) is 5.42. The van der Waals surface area contributed by atoms with Crippen LogP contribution in [0.25, 0.3) is 10.9 Å². The first-order valence-electron chi connectivity index (χ1n) is 7.70. The molecule has 1 heterocycles. The van der Waals surface area contributed by atoms with Crippen molar-refractivity contribution in [1.82, 2.24) is 9.97 Å². The van der Waals surface area contributed by atoms with E-state index in [0.717, 1.165) is 5.56 Å². The molecule has 0 atom stereocenters. The number of nitrogens with zero attached hydrogens (tertiary/aromatic N) is 3. The highest BCUT2D eigenvalue weighted by Crippen LogP contribution is 2.26. The Labute approximate surface area is 149 Å². The lowest BCUT2D eigenvalue weighted by Crippen LogP contribution is -2.35. The number of amides is 1. The van der Waals surface area contributed by atoms with E-state index in [9.17, 15) is 9.90 Å². The van der Waals surface area contributed by atoms with E-state index in [1.165, 1.54) is 4.90 Å². The monoisotopic (exact) mass is 357 g/mol. The molecular weight excluding hydrogens is 342 g/mol. The summed E-state index contributed by atoms with van der Waals surface area (Å²) in [6.45, 7) is -0.0836. The Morgan fingerprint density at radius 3 is 2.56 bits per heavy atom. The first-order chi connectivity index (χ1) is 12.2. The molecule has 1 amide bonds. The van der Waals surface area contributed by atoms with Crippen LogP contribution in [0, 0.1) is 0 Å². The Bertz CT molecular complexity index is 874. The largest absolute Gasteiger partial charge is 0.444 e. The molecule has 0 aliphatic heterocycles. The van der Waals surface area contributed by atoms with Crippen molar-refractivity contribution >= 4 is 34.4 Å². The van der Waals surface area contributed by atoms with Crippen LogP contribution in [0.5, 0.6) is 0 Å². The van der Waals surface area contributed by atoms with E-state index >= 15 is 0 Å². The van der Waals surface area contributed by atoms with E-state index in [-0.39, 0.29) is 25.0 Å². The lowest BCUT2D eigenvalue weighted by molar-refractivity contribution is 0.145. The van der Waals surface area contributed by atoms with Crippen molar-refractivity contribution in [2.24, 2.45) is 0 Å². The van der Waals surface area contributed by atoms with Crippen molar-refractivity contribution in [3.05, 3.63) is 65.4 Å². The molecule has 2 aromatic carbocycles. The minimum absolute atomic E-state index is 0.0208. The van der Waals surface area contributed by atoms with Gasteiger partial charge < -0.3 is 9.84 Å². The number of aliphatic hydroxyl groups is 1. The molecule has 0 fully saturated rings. The van der Waals surface area contributed by atoms with Gasteiger partial charge in [-0.1, -0.05) is 42.5 Å². The molecule has 1 aromatic heterocycles. The molecule has 0 aliphatic carbocycles. The maximum absolute atomic E-state index is 12.6. The Hall–Kier alpha value is -2.70. The normalized spacial score (nSPS) is 10.6. The van der Waals surface area contributed by atoms with Gasteiger partial charge in [-0.25, -0.2) is 9.78 Å². The minimum Gasteiger partial charge on any atom is -0.444 e. The van der Waals surface area contributed by atoms with Crippen LogP contribution in [-0.2, 0) is 11.3 Å². The second-order valence-electron chi connectivity index (χ2n) is 5.25. The number of para-hydroxylation sites is 1. The topological polar surface area (TPSA) is 75.5 Å². The van der Waals surface area contributed by atoms with Gasteiger partial charge in [-0.2, -0.15) is 4.98 Å². The summed E-state index contributed by atoms with van der Waals surface area (Å²) < 4.78 is 5.36. The summed E-state index contributed by atoms with van der Waals surface area (Å²) >= 11 is 5.98. The van der Waals surface area contributed by atoms with Crippen molar-refractivity contribution in [3.63, 3.8) is 0 Å². The first-order valence-corrected chi connectivity index (χ1v) is 8.08. The number of aliphatic hydroxyl groups excluding tert-OH is 1. The SMILES string of the molecule is O=C(OCc1ccccc1)N(CCO)c1nc(Cl)nc2ccccc12. The van der Waals surface area contributed by atoms with Gasteiger partial charge in [-0.15, -0.1) is 0 Å². The van der Waals surface area contributed by atoms with E-state index in [1.54, 1.807) is 12.1 Å². The number of rotatable bonds is 5. The highest BCUT2D eigenvalue weighted by atomic mass is 35.5. The van der Waals surface area contributed by atoms with Gasteiger partial charge in [-0.05, 0) is 29.3 Å². The maximum atomic E-state index is 12.6. The summed E-state index contributed by atoms with van der Waals surface area (Å²) in [5.74, 6) is 0.308. The molecule has 0 saturated heterocycles. The highest BCUT2D eigenvalue weighted by molar-refractivity contribution is 6.29. The predicted molar refractivity (Wildman–Crippen MR) is 95.6 cm³/mol. The molecule has 0 saturated carbocycles. The summed E-state index contributed by atoms with van der Waals surface area (Å²) in [5.41, 5.74) is 1.47. The van der Waals surface area contributed by atoms with E-state index in [0.29, 0.717) is 16.7 Å². The molecule has 1 N–H and O–H groups in total. The van der Waals surface area contributed by atoms with Crippen molar-refractivity contribution in [2.75, 3.05) is 18.1 Å². The second kappa shape index (κ2) is 7.92. The highest BCUT2D eigenvalue weighted by Gasteiger charge is 2.21. The van der Waals surface area contributed by atoms with Crippen LogP contribution in [0.1, 0.15) is 5.56 Å². The van der Waals surface area contributed by atoms with Crippen LogP contribution in [0.15, 0.2) is 54.6 Å². The molecule has 7 heteroatoms. The molecule has 0 spiro atoms. The Balaban J connectivity index is 1.89. The van der Waals surface area contributed by atoms with E-state index < -0.39 is 6.09 Å². The fraction of sp³-hybridized carbons (Fsp3) is 0.167. The van der Waals surface area contributed by atoms with Crippen LogP contribution in [0.4, 0.5) is 10.6 Å². The number of hydrogen-bond donors (Lipinski definition) is 1. The summed E-state index contributed by atoms with van der Waals surface area (Å²) in [6, 6.07) is 16.5. The molecule has 6 nitrogen and oxygen atoms in total. The number of halogens is 1. The van der Waals surface area contributed by atoms with E-state index in [1.807, 2.05) is 42.5 Å². The molecule has 3 aromatic rings. The van der Waals surface area contributed by atoms with Gasteiger partial charge >= 0.3 is 6.09 Å². The smallest absolute Gasteiger partial charge is 0.415 e. The number of fused-ring (bicyclic) bond motifs is 1. The number of hydrogen-bond acceptors (Lipinski definition) is 5. The number of carbonyl (C=O) groups excluding carboxylic acids is 1. The van der Waals surface area contributed by atoms with Crippen molar-refractivity contribution in [1.29, 1.82) is 0 Å². The Morgan fingerprint density at radius 1 is 1.08 bits per heavy atom.